The van der Waals surface area contributed by atoms with E-state index in [4.69, 9.17) is 11.6 Å². The molecule has 0 atom stereocenters. The minimum atomic E-state index is -3.74. The summed E-state index contributed by atoms with van der Waals surface area (Å²) in [6, 6.07) is 9.36. The molecule has 12 heteroatoms. The first-order chi connectivity index (χ1) is 13.4. The van der Waals surface area contributed by atoms with E-state index in [1.807, 2.05) is 0 Å². The number of aromatic nitrogens is 2. The van der Waals surface area contributed by atoms with Crippen LogP contribution in [0.15, 0.2) is 41.3 Å². The van der Waals surface area contributed by atoms with Gasteiger partial charge >= 0.3 is 0 Å². The summed E-state index contributed by atoms with van der Waals surface area (Å²) in [7, 11) is -3.74. The van der Waals surface area contributed by atoms with Crippen molar-refractivity contribution in [1.29, 1.82) is 0 Å². The third-order valence-corrected chi connectivity index (χ3v) is 7.29. The van der Waals surface area contributed by atoms with Crippen LogP contribution in [-0.4, -0.2) is 52.6 Å². The fraction of sp³-hybridized carbons (Fsp3) is 0.250. The lowest BCUT2D eigenvalue weighted by Gasteiger charge is -2.35. The van der Waals surface area contributed by atoms with Gasteiger partial charge in [-0.2, -0.15) is 13.1 Å². The molecule has 9 nitrogen and oxygen atoms in total. The molecule has 0 bridgehead atoms. The van der Waals surface area contributed by atoms with Crippen LogP contribution in [-0.2, 0) is 10.0 Å². The number of benzene rings is 2. The maximum atomic E-state index is 13.1. The summed E-state index contributed by atoms with van der Waals surface area (Å²) in [5.41, 5.74) is 1.24. The van der Waals surface area contributed by atoms with Gasteiger partial charge in [-0.1, -0.05) is 17.7 Å². The van der Waals surface area contributed by atoms with Crippen molar-refractivity contribution in [2.24, 2.45) is 0 Å². The zero-order chi connectivity index (χ0) is 19.9. The molecule has 0 unspecified atom stereocenters. The number of hydrogen-bond donors (Lipinski definition) is 0. The molecule has 0 saturated carbocycles. The average molecular weight is 440 g/mol. The van der Waals surface area contributed by atoms with Crippen molar-refractivity contribution in [2.45, 2.75) is 4.90 Å². The van der Waals surface area contributed by atoms with Crippen LogP contribution in [0.5, 0.6) is 0 Å². The molecule has 0 N–H and O–H groups in total. The topological polar surface area (TPSA) is 110 Å². The Labute approximate surface area is 169 Å². The Hall–Kier alpha value is -2.34. The lowest BCUT2D eigenvalue weighted by atomic mass is 10.2. The minimum Gasteiger partial charge on any atom is -0.363 e. The van der Waals surface area contributed by atoms with E-state index in [-0.39, 0.29) is 28.7 Å². The van der Waals surface area contributed by atoms with Crippen molar-refractivity contribution >= 4 is 55.8 Å². The summed E-state index contributed by atoms with van der Waals surface area (Å²) in [5, 5.41) is 11.6. The number of nitro benzene ring substituents is 1. The van der Waals surface area contributed by atoms with E-state index in [9.17, 15) is 18.5 Å². The van der Waals surface area contributed by atoms with Gasteiger partial charge < -0.3 is 4.90 Å². The van der Waals surface area contributed by atoms with Gasteiger partial charge in [-0.05, 0) is 24.3 Å². The van der Waals surface area contributed by atoms with Crippen molar-refractivity contribution in [2.75, 3.05) is 31.1 Å². The molecular formula is C16H14ClN5O4S2. The maximum Gasteiger partial charge on any atom is 0.294 e. The van der Waals surface area contributed by atoms with Crippen molar-refractivity contribution in [3.05, 3.63) is 51.5 Å². The molecule has 1 aliphatic heterocycles. The van der Waals surface area contributed by atoms with Crippen LogP contribution < -0.4 is 4.90 Å². The lowest BCUT2D eigenvalue weighted by molar-refractivity contribution is -0.384. The van der Waals surface area contributed by atoms with Crippen LogP contribution in [0.1, 0.15) is 0 Å². The summed E-state index contributed by atoms with van der Waals surface area (Å²) in [6.45, 7) is 1.06. The fourth-order valence-electron chi connectivity index (χ4n) is 3.21. The Morgan fingerprint density at radius 1 is 1.11 bits per heavy atom. The second-order valence-corrected chi connectivity index (χ2v) is 9.04. The van der Waals surface area contributed by atoms with Crippen LogP contribution in [0.3, 0.4) is 0 Å². The normalized spacial score (nSPS) is 15.8. The first kappa shape index (κ1) is 19.0. The molecule has 1 fully saturated rings. The van der Waals surface area contributed by atoms with E-state index in [0.717, 1.165) is 11.7 Å². The molecule has 4 rings (SSSR count). The Morgan fingerprint density at radius 2 is 1.86 bits per heavy atom. The molecule has 3 aromatic rings. The van der Waals surface area contributed by atoms with Gasteiger partial charge in [-0.25, -0.2) is 8.42 Å². The molecule has 28 heavy (non-hydrogen) atoms. The van der Waals surface area contributed by atoms with Crippen molar-refractivity contribution < 1.29 is 13.3 Å². The Balaban J connectivity index is 1.58. The highest BCUT2D eigenvalue weighted by molar-refractivity contribution is 7.89. The Morgan fingerprint density at radius 3 is 2.57 bits per heavy atom. The average Bonchev–Trinajstić information content (AvgIpc) is 3.16. The summed E-state index contributed by atoms with van der Waals surface area (Å²) >= 11 is 6.84. The molecule has 2 heterocycles. The third kappa shape index (κ3) is 3.30. The molecule has 1 aromatic heterocycles. The van der Waals surface area contributed by atoms with E-state index in [0.29, 0.717) is 29.8 Å². The fourth-order valence-corrected chi connectivity index (χ4v) is 5.55. The summed E-state index contributed by atoms with van der Waals surface area (Å²) in [4.78, 5) is 12.8. The Bertz CT molecular complexity index is 1160. The predicted octanol–water partition coefficient (Wildman–Crippen LogP) is 2.76. The second kappa shape index (κ2) is 7.24. The first-order valence-corrected chi connectivity index (χ1v) is 10.8. The van der Waals surface area contributed by atoms with Crippen LogP contribution in [0, 0.1) is 10.1 Å². The van der Waals surface area contributed by atoms with Gasteiger partial charge in [0.2, 0.25) is 10.0 Å². The zero-order valence-electron chi connectivity index (χ0n) is 14.4. The Kier molecular flexibility index (Phi) is 4.91. The quantitative estimate of drug-likeness (QED) is 0.454. The molecular weight excluding hydrogens is 426 g/mol. The van der Waals surface area contributed by atoms with E-state index in [1.165, 1.54) is 16.4 Å². The van der Waals surface area contributed by atoms with Crippen LogP contribution in [0.25, 0.3) is 11.0 Å². The van der Waals surface area contributed by atoms with Crippen molar-refractivity contribution in [3.63, 3.8) is 0 Å². The summed E-state index contributed by atoms with van der Waals surface area (Å²) in [6.07, 6.45) is 0. The van der Waals surface area contributed by atoms with Gasteiger partial charge in [0.05, 0.1) is 16.7 Å². The summed E-state index contributed by atoms with van der Waals surface area (Å²) < 4.78 is 35.7. The van der Waals surface area contributed by atoms with Crippen molar-refractivity contribution in [3.8, 4) is 0 Å². The smallest absolute Gasteiger partial charge is 0.294 e. The third-order valence-electron chi connectivity index (χ3n) is 4.58. The van der Waals surface area contributed by atoms with E-state index >= 15 is 0 Å². The maximum absolute atomic E-state index is 13.1. The van der Waals surface area contributed by atoms with Gasteiger partial charge in [-0.3, -0.25) is 10.1 Å². The zero-order valence-corrected chi connectivity index (χ0v) is 16.7. The molecule has 1 aliphatic rings. The minimum absolute atomic E-state index is 0.0953. The van der Waals surface area contributed by atoms with Crippen LogP contribution in [0.4, 0.5) is 11.4 Å². The van der Waals surface area contributed by atoms with E-state index in [1.54, 1.807) is 29.2 Å². The van der Waals surface area contributed by atoms with Crippen LogP contribution >= 0.6 is 23.3 Å². The number of piperazine rings is 1. The van der Waals surface area contributed by atoms with Gasteiger partial charge in [0, 0.05) is 37.3 Å². The number of sulfonamides is 1. The molecule has 1 saturated heterocycles. The van der Waals surface area contributed by atoms with Crippen LogP contribution in [0.2, 0.25) is 5.02 Å². The SMILES string of the molecule is O=[N+]([O-])c1cc(Cl)ccc1N1CCN(S(=O)(=O)c2cccc3nsnc23)CC1. The number of rotatable bonds is 4. The summed E-state index contributed by atoms with van der Waals surface area (Å²) in [5.74, 6) is 0. The first-order valence-electron chi connectivity index (χ1n) is 8.28. The number of anilines is 1. The highest BCUT2D eigenvalue weighted by atomic mass is 35.5. The second-order valence-electron chi connectivity index (χ2n) is 6.17. The molecule has 0 aliphatic carbocycles. The van der Waals surface area contributed by atoms with Gasteiger partial charge in [0.15, 0.2) is 0 Å². The predicted molar refractivity (Wildman–Crippen MR) is 106 cm³/mol. The molecule has 146 valence electrons. The van der Waals surface area contributed by atoms with E-state index in [2.05, 4.69) is 8.75 Å². The number of fused-ring (bicyclic) bond motifs is 1. The molecule has 0 spiro atoms. The number of nitro groups is 1. The molecule has 0 radical (unpaired) electrons. The van der Waals surface area contributed by atoms with Gasteiger partial charge in [-0.15, -0.1) is 0 Å². The molecule has 2 aromatic carbocycles. The highest BCUT2D eigenvalue weighted by Crippen LogP contribution is 2.32. The molecule has 0 amide bonds. The van der Waals surface area contributed by atoms with Crippen molar-refractivity contribution in [1.82, 2.24) is 13.1 Å². The van der Waals surface area contributed by atoms with Gasteiger partial charge in [0.25, 0.3) is 5.69 Å². The lowest BCUT2D eigenvalue weighted by Crippen LogP contribution is -2.48. The number of halogens is 1. The van der Waals surface area contributed by atoms with E-state index < -0.39 is 14.9 Å². The number of hydrogen-bond acceptors (Lipinski definition) is 8. The number of nitrogens with zero attached hydrogens (tertiary/aromatic N) is 5. The monoisotopic (exact) mass is 439 g/mol. The van der Waals surface area contributed by atoms with Gasteiger partial charge in [0.1, 0.15) is 21.6 Å². The standard InChI is InChI=1S/C16H14ClN5O4S2/c17-11-4-5-13(14(10-11)22(23)24)20-6-8-21(9-7-20)28(25,26)15-3-1-2-12-16(15)19-27-18-12/h1-5,10H,6-9H2. The highest BCUT2D eigenvalue weighted by Gasteiger charge is 2.32. The largest absolute Gasteiger partial charge is 0.363 e.